The molecule has 0 aromatic carbocycles. The van der Waals surface area contributed by atoms with E-state index in [2.05, 4.69) is 21.8 Å². The molecule has 1 aliphatic rings. The van der Waals surface area contributed by atoms with E-state index in [1.165, 1.54) is 38.4 Å². The Hall–Kier alpha value is -1.03. The fourth-order valence-electron chi connectivity index (χ4n) is 2.73. The van der Waals surface area contributed by atoms with Crippen LogP contribution in [0, 0.1) is 5.92 Å². The Bertz CT molecular complexity index is 402. The Morgan fingerprint density at radius 3 is 2.61 bits per heavy atom. The van der Waals surface area contributed by atoms with E-state index < -0.39 is 0 Å². The van der Waals surface area contributed by atoms with Crippen LogP contribution in [-0.2, 0) is 0 Å². The molecule has 0 radical (unpaired) electrons. The summed E-state index contributed by atoms with van der Waals surface area (Å²) >= 11 is 6.17. The zero-order valence-electron chi connectivity index (χ0n) is 11.1. The molecule has 5 heteroatoms. The van der Waals surface area contributed by atoms with E-state index in [4.69, 9.17) is 17.3 Å². The van der Waals surface area contributed by atoms with E-state index in [0.29, 0.717) is 16.9 Å². The molecule has 4 nitrogen and oxygen atoms in total. The van der Waals surface area contributed by atoms with Crippen molar-refractivity contribution < 1.29 is 0 Å². The van der Waals surface area contributed by atoms with Crippen molar-refractivity contribution in [2.24, 2.45) is 5.92 Å². The summed E-state index contributed by atoms with van der Waals surface area (Å²) in [6.07, 6.45) is 7.76. The number of aromatic nitrogens is 2. The van der Waals surface area contributed by atoms with Gasteiger partial charge in [0.2, 0.25) is 0 Å². The van der Waals surface area contributed by atoms with Crippen molar-refractivity contribution in [1.82, 2.24) is 9.97 Å². The molecule has 0 aliphatic heterocycles. The Balaban J connectivity index is 2.08. The lowest BCUT2D eigenvalue weighted by atomic mass is 9.84. The van der Waals surface area contributed by atoms with Crippen molar-refractivity contribution in [2.75, 3.05) is 17.7 Å². The second-order valence-corrected chi connectivity index (χ2v) is 5.47. The number of nitrogens with two attached hydrogens (primary N) is 1. The largest absolute Gasteiger partial charge is 0.382 e. The van der Waals surface area contributed by atoms with Crippen LogP contribution in [0.25, 0.3) is 0 Å². The zero-order chi connectivity index (χ0) is 13.1. The molecule has 1 aromatic rings. The molecule has 1 heterocycles. The van der Waals surface area contributed by atoms with E-state index in [1.807, 2.05) is 7.05 Å². The molecule has 0 unspecified atom stereocenters. The van der Waals surface area contributed by atoms with Crippen molar-refractivity contribution in [2.45, 2.75) is 45.1 Å². The molecule has 2 rings (SSSR count). The molecule has 0 amide bonds. The summed E-state index contributed by atoms with van der Waals surface area (Å²) in [6, 6.07) is 0.514. The van der Waals surface area contributed by atoms with Crippen LogP contribution in [-0.4, -0.2) is 23.1 Å². The first kappa shape index (κ1) is 13.4. The number of rotatable bonds is 3. The summed E-state index contributed by atoms with van der Waals surface area (Å²) in [5.74, 6) is 2.00. The van der Waals surface area contributed by atoms with Gasteiger partial charge in [-0.25, -0.2) is 9.97 Å². The molecule has 0 atom stereocenters. The maximum absolute atomic E-state index is 6.17. The molecule has 100 valence electrons. The van der Waals surface area contributed by atoms with Crippen molar-refractivity contribution in [3.8, 4) is 0 Å². The molecular formula is C13H21ClN4. The fourth-order valence-corrected chi connectivity index (χ4v) is 2.96. The van der Waals surface area contributed by atoms with Crippen molar-refractivity contribution in [3.05, 3.63) is 11.3 Å². The van der Waals surface area contributed by atoms with Gasteiger partial charge in [0.1, 0.15) is 17.2 Å². The first-order chi connectivity index (χ1) is 8.63. The monoisotopic (exact) mass is 268 g/mol. The summed E-state index contributed by atoms with van der Waals surface area (Å²) in [7, 11) is 2.05. The minimum absolute atomic E-state index is 0.357. The molecule has 1 aliphatic carbocycles. The predicted molar refractivity (Wildman–Crippen MR) is 75.9 cm³/mol. The smallest absolute Gasteiger partial charge is 0.153 e. The Morgan fingerprint density at radius 2 is 2.00 bits per heavy atom. The standard InChI is InChI=1S/C13H21ClN4/c1-3-9-4-6-10(7-5-9)18(2)13-11(14)12(15)16-8-17-13/h8-10H,3-7H2,1-2H3,(H2,15,16,17). The maximum atomic E-state index is 6.17. The van der Waals surface area contributed by atoms with Crippen molar-refractivity contribution in [3.63, 3.8) is 0 Å². The minimum atomic E-state index is 0.357. The number of nitrogen functional groups attached to an aromatic ring is 1. The minimum Gasteiger partial charge on any atom is -0.382 e. The molecule has 1 fully saturated rings. The van der Waals surface area contributed by atoms with Gasteiger partial charge < -0.3 is 10.6 Å². The molecule has 0 bridgehead atoms. The highest BCUT2D eigenvalue weighted by Gasteiger charge is 2.25. The highest BCUT2D eigenvalue weighted by molar-refractivity contribution is 6.35. The molecule has 1 aromatic heterocycles. The van der Waals surface area contributed by atoms with Gasteiger partial charge in [0.25, 0.3) is 0 Å². The maximum Gasteiger partial charge on any atom is 0.153 e. The fraction of sp³-hybridized carbons (Fsp3) is 0.692. The molecule has 18 heavy (non-hydrogen) atoms. The quantitative estimate of drug-likeness (QED) is 0.915. The molecule has 2 N–H and O–H groups in total. The van der Waals surface area contributed by atoms with Gasteiger partial charge in [-0.05, 0) is 31.6 Å². The van der Waals surface area contributed by atoms with Crippen LogP contribution < -0.4 is 10.6 Å². The van der Waals surface area contributed by atoms with Gasteiger partial charge in [-0.2, -0.15) is 0 Å². The van der Waals surface area contributed by atoms with E-state index >= 15 is 0 Å². The molecule has 1 saturated carbocycles. The van der Waals surface area contributed by atoms with Gasteiger partial charge in [-0.3, -0.25) is 0 Å². The van der Waals surface area contributed by atoms with Gasteiger partial charge >= 0.3 is 0 Å². The Labute approximate surface area is 114 Å². The lowest BCUT2D eigenvalue weighted by Gasteiger charge is -2.35. The summed E-state index contributed by atoms with van der Waals surface area (Å²) in [4.78, 5) is 10.3. The van der Waals surface area contributed by atoms with Crippen LogP contribution in [0.15, 0.2) is 6.33 Å². The van der Waals surface area contributed by atoms with Crippen LogP contribution in [0.3, 0.4) is 0 Å². The first-order valence-corrected chi connectivity index (χ1v) is 7.00. The van der Waals surface area contributed by atoms with Crippen LogP contribution in [0.2, 0.25) is 5.02 Å². The number of nitrogens with zero attached hydrogens (tertiary/aromatic N) is 3. The highest BCUT2D eigenvalue weighted by atomic mass is 35.5. The summed E-state index contributed by atoms with van der Waals surface area (Å²) in [6.45, 7) is 2.27. The van der Waals surface area contributed by atoms with Crippen LogP contribution in [0.4, 0.5) is 11.6 Å². The summed E-state index contributed by atoms with van der Waals surface area (Å²) in [5, 5.41) is 0.470. The van der Waals surface area contributed by atoms with Gasteiger partial charge in [0.15, 0.2) is 5.82 Å². The van der Waals surface area contributed by atoms with Gasteiger partial charge in [0.05, 0.1) is 0 Å². The van der Waals surface area contributed by atoms with Crippen LogP contribution >= 0.6 is 11.6 Å². The average molecular weight is 269 g/mol. The van der Waals surface area contributed by atoms with Crippen LogP contribution in [0.5, 0.6) is 0 Å². The number of halogens is 1. The normalized spacial score (nSPS) is 23.9. The van der Waals surface area contributed by atoms with Gasteiger partial charge in [-0.15, -0.1) is 0 Å². The lowest BCUT2D eigenvalue weighted by Crippen LogP contribution is -2.36. The number of hydrogen-bond donors (Lipinski definition) is 1. The average Bonchev–Trinajstić information content (AvgIpc) is 2.41. The van der Waals surface area contributed by atoms with Gasteiger partial charge in [0, 0.05) is 13.1 Å². The Kier molecular flexibility index (Phi) is 4.27. The van der Waals surface area contributed by atoms with E-state index in [-0.39, 0.29) is 0 Å². The van der Waals surface area contributed by atoms with Crippen LogP contribution in [0.1, 0.15) is 39.0 Å². The first-order valence-electron chi connectivity index (χ1n) is 6.62. The highest BCUT2D eigenvalue weighted by Crippen LogP contribution is 2.33. The Morgan fingerprint density at radius 1 is 1.33 bits per heavy atom. The summed E-state index contributed by atoms with van der Waals surface area (Å²) in [5.41, 5.74) is 5.72. The number of anilines is 2. The predicted octanol–water partition coefficient (Wildman–Crippen LogP) is 3.12. The summed E-state index contributed by atoms with van der Waals surface area (Å²) < 4.78 is 0. The van der Waals surface area contributed by atoms with E-state index in [0.717, 1.165) is 11.7 Å². The third kappa shape index (κ3) is 2.69. The third-order valence-corrected chi connectivity index (χ3v) is 4.44. The topological polar surface area (TPSA) is 55.0 Å². The second kappa shape index (κ2) is 5.74. The van der Waals surface area contributed by atoms with E-state index in [1.54, 1.807) is 0 Å². The van der Waals surface area contributed by atoms with E-state index in [9.17, 15) is 0 Å². The molecule has 0 saturated heterocycles. The lowest BCUT2D eigenvalue weighted by molar-refractivity contribution is 0.313. The second-order valence-electron chi connectivity index (χ2n) is 5.09. The zero-order valence-corrected chi connectivity index (χ0v) is 11.8. The van der Waals surface area contributed by atoms with Crippen molar-refractivity contribution >= 4 is 23.2 Å². The number of hydrogen-bond acceptors (Lipinski definition) is 4. The van der Waals surface area contributed by atoms with Gasteiger partial charge in [-0.1, -0.05) is 24.9 Å². The molecular weight excluding hydrogens is 248 g/mol. The SMILES string of the molecule is CCC1CCC(N(C)c2ncnc(N)c2Cl)CC1. The molecule has 0 spiro atoms. The third-order valence-electron chi connectivity index (χ3n) is 4.07. The van der Waals surface area contributed by atoms with Crippen molar-refractivity contribution in [1.29, 1.82) is 0 Å².